The Morgan fingerprint density at radius 1 is 0.898 bits per heavy atom. The lowest BCUT2D eigenvalue weighted by atomic mass is 10.1. The maximum atomic E-state index is 14.3. The summed E-state index contributed by atoms with van der Waals surface area (Å²) in [4.78, 5) is 44.7. The Kier molecular flexibility index (Phi) is 12.8. The van der Waals surface area contributed by atoms with Crippen LogP contribution in [0.25, 0.3) is 0 Å². The standard InChI is InChI=1S/C45H53N5O7S2/c1-27-19-29-13-14-30(48-42(51)15-16-45(2,3)59-58-7)21-37(29)49(27)43(52)32-22-38(54-5)40(24-34(32)46-4)56-17-10-18-57-41-25-35-33(23-39(41)55-6)44(53)50-31(26-47-35)20-28-11-8-9-12-36(28)50/h8-9,11-14,21-25,27,31,46-47H,10,15-20,26H2,1-7H3,(H,48,51)/t27-,31?/m1/s1. The van der Waals surface area contributed by atoms with E-state index in [4.69, 9.17) is 18.9 Å². The van der Waals surface area contributed by atoms with Crippen LogP contribution in [0.4, 0.5) is 28.4 Å². The van der Waals surface area contributed by atoms with Gasteiger partial charge in [0, 0.05) is 66.4 Å². The Morgan fingerprint density at radius 2 is 1.61 bits per heavy atom. The van der Waals surface area contributed by atoms with Crippen molar-refractivity contribution in [2.75, 3.05) is 73.0 Å². The van der Waals surface area contributed by atoms with E-state index in [0.29, 0.717) is 90.2 Å². The Labute approximate surface area is 354 Å². The lowest BCUT2D eigenvalue weighted by Gasteiger charge is -2.25. The first kappa shape index (κ1) is 41.9. The molecule has 3 aliphatic rings. The average molecular weight is 840 g/mol. The van der Waals surface area contributed by atoms with E-state index < -0.39 is 0 Å². The molecule has 3 N–H and O–H groups in total. The van der Waals surface area contributed by atoms with E-state index in [-0.39, 0.29) is 34.6 Å². The molecule has 0 aromatic heterocycles. The Morgan fingerprint density at radius 3 is 2.34 bits per heavy atom. The molecule has 4 aromatic carbocycles. The molecule has 3 amide bonds. The SMILES string of the molecule is CNc1cc(OCCCOc2cc3c(cc2OC)C(=O)N2c4ccccc4CC2CN3)c(OC)cc1C(=O)N1c2cc(NC(=O)CCC(C)(C)SSC)ccc2C[C@H]1C. The van der Waals surface area contributed by atoms with Gasteiger partial charge in [-0.3, -0.25) is 14.4 Å². The quantitative estimate of drug-likeness (QED) is 0.0740. The van der Waals surface area contributed by atoms with Gasteiger partial charge in [0.2, 0.25) is 5.91 Å². The summed E-state index contributed by atoms with van der Waals surface area (Å²) in [6.07, 6.45) is 5.24. The van der Waals surface area contributed by atoms with Crippen LogP contribution in [0.2, 0.25) is 0 Å². The number of nitrogens with one attached hydrogen (secondary N) is 3. The number of carbonyl (C=O) groups is 3. The van der Waals surface area contributed by atoms with Crippen LogP contribution in [0.15, 0.2) is 66.7 Å². The van der Waals surface area contributed by atoms with Gasteiger partial charge in [-0.15, -0.1) is 0 Å². The van der Waals surface area contributed by atoms with Crippen molar-refractivity contribution in [3.8, 4) is 23.0 Å². The molecule has 312 valence electrons. The van der Waals surface area contributed by atoms with Gasteiger partial charge in [-0.2, -0.15) is 0 Å². The third kappa shape index (κ3) is 8.89. The fourth-order valence-corrected chi connectivity index (χ4v) is 10.3. The van der Waals surface area contributed by atoms with E-state index in [2.05, 4.69) is 35.9 Å². The molecule has 59 heavy (non-hydrogen) atoms. The predicted octanol–water partition coefficient (Wildman–Crippen LogP) is 8.69. The first-order valence-corrected chi connectivity index (χ1v) is 22.5. The Hall–Kier alpha value is -5.21. The minimum absolute atomic E-state index is 0.0127. The number of ether oxygens (including phenoxy) is 4. The summed E-state index contributed by atoms with van der Waals surface area (Å²) in [7, 11) is 8.35. The number of rotatable bonds is 16. The number of benzene rings is 4. The minimum atomic E-state index is -0.186. The first-order chi connectivity index (χ1) is 28.4. The van der Waals surface area contributed by atoms with Crippen LogP contribution in [-0.2, 0) is 17.6 Å². The normalized spacial score (nSPS) is 16.6. The van der Waals surface area contributed by atoms with Gasteiger partial charge in [0.1, 0.15) is 0 Å². The Balaban J connectivity index is 0.989. The van der Waals surface area contributed by atoms with Crippen molar-refractivity contribution < 1.29 is 33.3 Å². The zero-order valence-corrected chi connectivity index (χ0v) is 36.4. The molecule has 7 rings (SSSR count). The van der Waals surface area contributed by atoms with Crippen LogP contribution in [0.5, 0.6) is 23.0 Å². The molecule has 0 fully saturated rings. The largest absolute Gasteiger partial charge is 0.493 e. The van der Waals surface area contributed by atoms with E-state index in [9.17, 15) is 14.4 Å². The topological polar surface area (TPSA) is 131 Å². The van der Waals surface area contributed by atoms with Crippen LogP contribution in [0.1, 0.15) is 71.9 Å². The second-order valence-corrected chi connectivity index (χ2v) is 18.7. The predicted molar refractivity (Wildman–Crippen MR) is 240 cm³/mol. The molecular weight excluding hydrogens is 787 g/mol. The van der Waals surface area contributed by atoms with Crippen molar-refractivity contribution in [1.29, 1.82) is 0 Å². The van der Waals surface area contributed by atoms with Gasteiger partial charge in [-0.1, -0.05) is 45.9 Å². The molecule has 0 aliphatic carbocycles. The van der Waals surface area contributed by atoms with Crippen molar-refractivity contribution in [3.05, 3.63) is 89.0 Å². The van der Waals surface area contributed by atoms with Crippen molar-refractivity contribution >= 4 is 67.7 Å². The van der Waals surface area contributed by atoms with E-state index in [1.54, 1.807) is 66.0 Å². The van der Waals surface area contributed by atoms with Crippen LogP contribution < -0.4 is 44.7 Å². The molecule has 0 saturated heterocycles. The molecule has 0 spiro atoms. The summed E-state index contributed by atoms with van der Waals surface area (Å²) in [5, 5.41) is 9.69. The van der Waals surface area contributed by atoms with Gasteiger partial charge in [0.05, 0.1) is 56.0 Å². The molecule has 3 aliphatic heterocycles. The summed E-state index contributed by atoms with van der Waals surface area (Å²) in [6, 6.07) is 20.9. The number of carbonyl (C=O) groups excluding carboxylic acids is 3. The zero-order valence-electron chi connectivity index (χ0n) is 34.7. The Bertz CT molecular complexity index is 2230. The average Bonchev–Trinajstić information content (AvgIpc) is 3.73. The molecular formula is C45H53N5O7S2. The fraction of sp³-hybridized carbons (Fsp3) is 0.400. The molecule has 4 aromatic rings. The highest BCUT2D eigenvalue weighted by molar-refractivity contribution is 8.76. The summed E-state index contributed by atoms with van der Waals surface area (Å²) >= 11 is 0. The van der Waals surface area contributed by atoms with Gasteiger partial charge in [-0.25, -0.2) is 0 Å². The number of hydrogen-bond donors (Lipinski definition) is 3. The van der Waals surface area contributed by atoms with Gasteiger partial charge in [-0.05, 0) is 87.7 Å². The monoisotopic (exact) mass is 839 g/mol. The second kappa shape index (κ2) is 18.0. The molecule has 2 atom stereocenters. The molecule has 14 heteroatoms. The third-order valence-corrected chi connectivity index (χ3v) is 13.7. The van der Waals surface area contributed by atoms with Crippen molar-refractivity contribution in [1.82, 2.24) is 0 Å². The maximum absolute atomic E-state index is 14.3. The number of hydrogen-bond acceptors (Lipinski definition) is 11. The van der Waals surface area contributed by atoms with Gasteiger partial charge in [0.25, 0.3) is 11.8 Å². The lowest BCUT2D eigenvalue weighted by molar-refractivity contribution is -0.116. The van der Waals surface area contributed by atoms with Gasteiger partial charge in [0.15, 0.2) is 23.0 Å². The van der Waals surface area contributed by atoms with Crippen molar-refractivity contribution in [2.45, 2.75) is 69.7 Å². The molecule has 12 nitrogen and oxygen atoms in total. The first-order valence-electron chi connectivity index (χ1n) is 20.0. The summed E-state index contributed by atoms with van der Waals surface area (Å²) in [6.45, 7) is 7.57. The molecule has 0 bridgehead atoms. The molecule has 0 radical (unpaired) electrons. The second-order valence-electron chi connectivity index (χ2n) is 15.6. The number of anilines is 5. The van der Waals surface area contributed by atoms with Gasteiger partial charge < -0.3 is 44.7 Å². The maximum Gasteiger partial charge on any atom is 0.260 e. The number of para-hydroxylation sites is 1. The summed E-state index contributed by atoms with van der Waals surface area (Å²) in [5.74, 6) is 1.62. The van der Waals surface area contributed by atoms with E-state index >= 15 is 0 Å². The lowest BCUT2D eigenvalue weighted by Crippen LogP contribution is -2.39. The van der Waals surface area contributed by atoms with Crippen molar-refractivity contribution in [2.24, 2.45) is 0 Å². The smallest absolute Gasteiger partial charge is 0.260 e. The van der Waals surface area contributed by atoms with Crippen LogP contribution >= 0.6 is 21.6 Å². The van der Waals surface area contributed by atoms with Crippen LogP contribution in [0, 0.1) is 0 Å². The van der Waals surface area contributed by atoms with Crippen LogP contribution in [-0.4, -0.2) is 81.8 Å². The zero-order chi connectivity index (χ0) is 41.8. The van der Waals surface area contributed by atoms with E-state index in [0.717, 1.165) is 29.8 Å². The number of nitrogens with zero attached hydrogens (tertiary/aromatic N) is 2. The number of amides is 3. The summed E-state index contributed by atoms with van der Waals surface area (Å²) in [5.41, 5.74) is 6.90. The van der Waals surface area contributed by atoms with Crippen LogP contribution in [0.3, 0.4) is 0 Å². The molecule has 1 unspecified atom stereocenters. The van der Waals surface area contributed by atoms with Crippen molar-refractivity contribution in [3.63, 3.8) is 0 Å². The minimum Gasteiger partial charge on any atom is -0.493 e. The fourth-order valence-electron chi connectivity index (χ4n) is 8.08. The molecule has 0 saturated carbocycles. The highest BCUT2D eigenvalue weighted by atomic mass is 33.1. The summed E-state index contributed by atoms with van der Waals surface area (Å²) < 4.78 is 23.8. The molecule has 3 heterocycles. The number of methoxy groups -OCH3 is 2. The highest BCUT2D eigenvalue weighted by Gasteiger charge is 2.38. The third-order valence-electron chi connectivity index (χ3n) is 11.0. The highest BCUT2D eigenvalue weighted by Crippen LogP contribution is 2.42. The van der Waals surface area contributed by atoms with Gasteiger partial charge >= 0.3 is 0 Å². The van der Waals surface area contributed by atoms with E-state index in [1.165, 1.54) is 5.56 Å². The number of fused-ring (bicyclic) bond motifs is 5. The van der Waals surface area contributed by atoms with E-state index in [1.807, 2.05) is 60.5 Å².